The molecule has 0 atom stereocenters. The number of amides is 1. The van der Waals surface area contributed by atoms with Crippen molar-refractivity contribution in [2.45, 2.75) is 25.5 Å². The van der Waals surface area contributed by atoms with Gasteiger partial charge < -0.3 is 5.32 Å². The molecular weight excluding hydrogens is 434 g/mol. The van der Waals surface area contributed by atoms with Gasteiger partial charge in [0.05, 0.1) is 27.4 Å². The Morgan fingerprint density at radius 2 is 2.03 bits per heavy atom. The minimum atomic E-state index is -0.209. The third kappa shape index (κ3) is 3.96. The Morgan fingerprint density at radius 1 is 1.26 bits per heavy atom. The lowest BCUT2D eigenvalue weighted by atomic mass is 10.1. The lowest BCUT2D eigenvalue weighted by Gasteiger charge is -2.12. The number of fused-ring (bicyclic) bond motifs is 3. The van der Waals surface area contributed by atoms with Gasteiger partial charge in [-0.2, -0.15) is 0 Å². The highest BCUT2D eigenvalue weighted by molar-refractivity contribution is 7.99. The molecule has 0 saturated heterocycles. The van der Waals surface area contributed by atoms with Crippen molar-refractivity contribution in [1.82, 2.24) is 19.2 Å². The lowest BCUT2D eigenvalue weighted by Crippen LogP contribution is -2.22. The highest BCUT2D eigenvalue weighted by Gasteiger charge is 2.17. The fraction of sp³-hybridized carbons (Fsp3) is 0.182. The summed E-state index contributed by atoms with van der Waals surface area (Å²) in [6, 6.07) is 11.0. The summed E-state index contributed by atoms with van der Waals surface area (Å²) in [6.45, 7) is 7.88. The Hall–Kier alpha value is -3.10. The maximum absolute atomic E-state index is 12.8. The van der Waals surface area contributed by atoms with Crippen LogP contribution in [0.5, 0.6) is 0 Å². The number of allylic oxidation sites excluding steroid dienone is 1. The molecule has 9 heteroatoms. The first-order valence-electron chi connectivity index (χ1n) is 9.57. The van der Waals surface area contributed by atoms with Crippen LogP contribution in [0.4, 0.5) is 5.69 Å². The van der Waals surface area contributed by atoms with Crippen molar-refractivity contribution < 1.29 is 4.79 Å². The molecule has 0 spiro atoms. The molecule has 2 heterocycles. The van der Waals surface area contributed by atoms with E-state index >= 15 is 0 Å². The third-order valence-electron chi connectivity index (χ3n) is 4.82. The highest BCUT2D eigenvalue weighted by Crippen LogP contribution is 2.28. The standard InChI is InChI=1S/C22H20ClN5O2S/c1-4-9-27-20(30)15-7-5-6-8-17(15)28-21(27)25-26-22(28)31-12-18(29)24-19-14(3)10-13(2)11-16(19)23/h4-8,10-11H,1,9,12H2,2-3H3,(H,24,29). The van der Waals surface area contributed by atoms with Crippen molar-refractivity contribution in [1.29, 1.82) is 0 Å². The number of carbonyl (C=O) groups is 1. The first-order valence-corrected chi connectivity index (χ1v) is 10.9. The van der Waals surface area contributed by atoms with E-state index in [0.717, 1.165) is 11.1 Å². The van der Waals surface area contributed by atoms with Crippen LogP contribution in [0.2, 0.25) is 5.02 Å². The van der Waals surface area contributed by atoms with Crippen molar-refractivity contribution >= 4 is 51.6 Å². The van der Waals surface area contributed by atoms with Crippen LogP contribution in [-0.4, -0.2) is 30.8 Å². The van der Waals surface area contributed by atoms with E-state index in [2.05, 4.69) is 22.1 Å². The molecule has 0 unspecified atom stereocenters. The van der Waals surface area contributed by atoms with E-state index < -0.39 is 0 Å². The van der Waals surface area contributed by atoms with E-state index in [-0.39, 0.29) is 17.2 Å². The summed E-state index contributed by atoms with van der Waals surface area (Å²) < 4.78 is 3.31. The topological polar surface area (TPSA) is 81.3 Å². The SMILES string of the molecule is C=CCn1c(=O)c2ccccc2n2c(SCC(=O)Nc3c(C)cc(C)cc3Cl)nnc12. The monoisotopic (exact) mass is 453 g/mol. The van der Waals surface area contributed by atoms with Gasteiger partial charge >= 0.3 is 0 Å². The second-order valence-corrected chi connectivity index (χ2v) is 8.46. The molecule has 0 bridgehead atoms. The number of nitrogens with one attached hydrogen (secondary N) is 1. The third-order valence-corrected chi connectivity index (χ3v) is 6.05. The fourth-order valence-electron chi connectivity index (χ4n) is 3.50. The van der Waals surface area contributed by atoms with Gasteiger partial charge in [-0.25, -0.2) is 0 Å². The molecule has 4 rings (SSSR count). The number of hydrogen-bond acceptors (Lipinski definition) is 5. The molecule has 1 N–H and O–H groups in total. The number of aryl methyl sites for hydroxylation is 2. The van der Waals surface area contributed by atoms with Crippen LogP contribution >= 0.6 is 23.4 Å². The van der Waals surface area contributed by atoms with Crippen LogP contribution < -0.4 is 10.9 Å². The minimum Gasteiger partial charge on any atom is -0.324 e. The number of carbonyl (C=O) groups excluding carboxylic acids is 1. The smallest absolute Gasteiger partial charge is 0.263 e. The summed E-state index contributed by atoms with van der Waals surface area (Å²) in [6.07, 6.45) is 1.64. The molecule has 158 valence electrons. The summed E-state index contributed by atoms with van der Waals surface area (Å²) >= 11 is 7.53. The van der Waals surface area contributed by atoms with Gasteiger partial charge in [-0.3, -0.25) is 18.6 Å². The Labute approximate surface area is 187 Å². The number of thioether (sulfide) groups is 1. The van der Waals surface area contributed by atoms with E-state index in [1.54, 1.807) is 16.5 Å². The van der Waals surface area contributed by atoms with Crippen LogP contribution in [0.1, 0.15) is 11.1 Å². The van der Waals surface area contributed by atoms with Crippen LogP contribution in [0.25, 0.3) is 16.7 Å². The molecule has 2 aromatic heterocycles. The predicted octanol–water partition coefficient (Wildman–Crippen LogP) is 4.23. The summed E-state index contributed by atoms with van der Waals surface area (Å²) in [5.41, 5.74) is 3.06. The zero-order chi connectivity index (χ0) is 22.1. The number of para-hydroxylation sites is 1. The van der Waals surface area contributed by atoms with Gasteiger partial charge in [0.2, 0.25) is 11.7 Å². The van der Waals surface area contributed by atoms with Crippen molar-refractivity contribution in [3.05, 3.63) is 75.6 Å². The Kier molecular flexibility index (Phi) is 5.84. The van der Waals surface area contributed by atoms with E-state index in [1.165, 1.54) is 16.3 Å². The van der Waals surface area contributed by atoms with Gasteiger partial charge in [0.25, 0.3) is 5.56 Å². The Bertz CT molecular complexity index is 1370. The number of hydrogen-bond donors (Lipinski definition) is 1. The summed E-state index contributed by atoms with van der Waals surface area (Å²) in [4.78, 5) is 25.5. The average molecular weight is 454 g/mol. The van der Waals surface area contributed by atoms with Crippen LogP contribution in [0.15, 0.2) is 59.0 Å². The molecule has 0 radical (unpaired) electrons. The van der Waals surface area contributed by atoms with E-state index in [4.69, 9.17) is 11.6 Å². The summed E-state index contributed by atoms with van der Waals surface area (Å²) in [7, 11) is 0. The average Bonchev–Trinajstić information content (AvgIpc) is 3.16. The molecule has 0 aliphatic rings. The number of rotatable bonds is 6. The first-order chi connectivity index (χ1) is 14.9. The quantitative estimate of drug-likeness (QED) is 0.349. The van der Waals surface area contributed by atoms with Crippen LogP contribution in [0.3, 0.4) is 0 Å². The largest absolute Gasteiger partial charge is 0.324 e. The van der Waals surface area contributed by atoms with Gasteiger partial charge in [-0.05, 0) is 43.2 Å². The Morgan fingerprint density at radius 3 is 2.77 bits per heavy atom. The highest BCUT2D eigenvalue weighted by atomic mass is 35.5. The normalized spacial score (nSPS) is 11.2. The van der Waals surface area contributed by atoms with Crippen LogP contribution in [-0.2, 0) is 11.3 Å². The van der Waals surface area contributed by atoms with E-state index in [9.17, 15) is 9.59 Å². The van der Waals surface area contributed by atoms with E-state index in [0.29, 0.717) is 39.1 Å². The molecule has 0 saturated carbocycles. The maximum atomic E-state index is 12.8. The summed E-state index contributed by atoms with van der Waals surface area (Å²) in [5, 5.41) is 12.9. The molecule has 1 amide bonds. The van der Waals surface area contributed by atoms with E-state index in [1.807, 2.05) is 44.2 Å². The number of benzene rings is 2. The zero-order valence-corrected chi connectivity index (χ0v) is 18.6. The molecule has 0 fully saturated rings. The molecule has 7 nitrogen and oxygen atoms in total. The van der Waals surface area contributed by atoms with Crippen molar-refractivity contribution in [3.63, 3.8) is 0 Å². The molecule has 31 heavy (non-hydrogen) atoms. The van der Waals surface area contributed by atoms with Gasteiger partial charge in [0.15, 0.2) is 5.16 Å². The number of nitrogens with zero attached hydrogens (tertiary/aromatic N) is 4. The van der Waals surface area contributed by atoms with Gasteiger partial charge in [-0.15, -0.1) is 16.8 Å². The molecule has 2 aromatic carbocycles. The second kappa shape index (κ2) is 8.56. The first kappa shape index (κ1) is 21.1. The Balaban J connectivity index is 1.66. The maximum Gasteiger partial charge on any atom is 0.263 e. The number of aromatic nitrogens is 4. The lowest BCUT2D eigenvalue weighted by molar-refractivity contribution is -0.113. The zero-order valence-electron chi connectivity index (χ0n) is 17.1. The van der Waals surface area contributed by atoms with Gasteiger partial charge in [-0.1, -0.05) is 47.6 Å². The summed E-state index contributed by atoms with van der Waals surface area (Å²) in [5.74, 6) is 0.308. The van der Waals surface area contributed by atoms with Crippen molar-refractivity contribution in [2.75, 3.05) is 11.1 Å². The van der Waals surface area contributed by atoms with Gasteiger partial charge in [0.1, 0.15) is 0 Å². The molecule has 0 aliphatic carbocycles. The van der Waals surface area contributed by atoms with Crippen molar-refractivity contribution in [2.24, 2.45) is 0 Å². The molecular formula is C22H20ClN5O2S. The van der Waals surface area contributed by atoms with Gasteiger partial charge in [0, 0.05) is 6.54 Å². The van der Waals surface area contributed by atoms with Crippen LogP contribution in [0, 0.1) is 13.8 Å². The number of anilines is 1. The molecule has 0 aliphatic heterocycles. The fourth-order valence-corrected chi connectivity index (χ4v) is 4.61. The van der Waals surface area contributed by atoms with Crippen molar-refractivity contribution in [3.8, 4) is 0 Å². The molecule has 4 aromatic rings. The predicted molar refractivity (Wildman–Crippen MR) is 125 cm³/mol. The number of halogens is 1. The minimum absolute atomic E-state index is 0.110. The second-order valence-electron chi connectivity index (χ2n) is 7.12.